The van der Waals surface area contributed by atoms with Gasteiger partial charge in [0.15, 0.2) is 0 Å². The molecule has 1 aromatic rings. The molecule has 0 spiro atoms. The maximum absolute atomic E-state index is 13.8. The molecular weight excluding hydrogens is 268 g/mol. The minimum atomic E-state index is -0.365. The van der Waals surface area contributed by atoms with Gasteiger partial charge < -0.3 is 5.32 Å². The van der Waals surface area contributed by atoms with E-state index in [0.717, 1.165) is 11.8 Å². The van der Waals surface area contributed by atoms with Crippen LogP contribution in [0.4, 0.5) is 8.78 Å². The monoisotopic (exact) mass is 293 g/mol. The van der Waals surface area contributed by atoms with Gasteiger partial charge >= 0.3 is 0 Å². The number of nitrogens with one attached hydrogen (secondary N) is 1. The van der Waals surface area contributed by atoms with Crippen molar-refractivity contribution < 1.29 is 8.78 Å². The second-order valence-electron chi connectivity index (χ2n) is 6.87. The van der Waals surface area contributed by atoms with Crippen LogP contribution in [-0.4, -0.2) is 6.04 Å². The molecule has 116 valence electrons. The number of benzene rings is 1. The highest BCUT2D eigenvalue weighted by atomic mass is 19.1. The van der Waals surface area contributed by atoms with Gasteiger partial charge in [0, 0.05) is 17.6 Å². The largest absolute Gasteiger partial charge is 0.307 e. The summed E-state index contributed by atoms with van der Waals surface area (Å²) >= 11 is 0. The second kappa shape index (κ2) is 6.43. The van der Waals surface area contributed by atoms with Crippen molar-refractivity contribution in [3.05, 3.63) is 35.4 Å². The zero-order valence-corrected chi connectivity index (χ0v) is 12.7. The molecule has 1 aromatic carbocycles. The summed E-state index contributed by atoms with van der Waals surface area (Å²) in [4.78, 5) is 0. The van der Waals surface area contributed by atoms with E-state index in [2.05, 4.69) is 5.32 Å². The maximum Gasteiger partial charge on any atom is 0.128 e. The fourth-order valence-electron chi connectivity index (χ4n) is 4.31. The number of halogens is 2. The molecule has 0 amide bonds. The highest BCUT2D eigenvalue weighted by Crippen LogP contribution is 2.40. The average molecular weight is 293 g/mol. The first-order valence-electron chi connectivity index (χ1n) is 8.34. The molecule has 0 heterocycles. The lowest BCUT2D eigenvalue weighted by Crippen LogP contribution is -2.40. The van der Waals surface area contributed by atoms with Crippen LogP contribution in [-0.2, 0) is 0 Å². The van der Waals surface area contributed by atoms with Crippen LogP contribution in [0.2, 0.25) is 0 Å². The summed E-state index contributed by atoms with van der Waals surface area (Å²) in [7, 11) is 0. The van der Waals surface area contributed by atoms with Crippen molar-refractivity contribution >= 4 is 0 Å². The Hall–Kier alpha value is -0.960. The number of rotatable bonds is 3. The topological polar surface area (TPSA) is 12.0 Å². The van der Waals surface area contributed by atoms with Crippen molar-refractivity contribution in [1.82, 2.24) is 5.32 Å². The van der Waals surface area contributed by atoms with E-state index in [1.807, 2.05) is 6.92 Å². The zero-order valence-electron chi connectivity index (χ0n) is 12.7. The minimum absolute atomic E-state index is 0.133. The van der Waals surface area contributed by atoms with Crippen LogP contribution in [0.25, 0.3) is 0 Å². The summed E-state index contributed by atoms with van der Waals surface area (Å²) in [5, 5.41) is 3.53. The van der Waals surface area contributed by atoms with Gasteiger partial charge in [-0.1, -0.05) is 25.7 Å². The van der Waals surface area contributed by atoms with E-state index in [1.165, 1.54) is 63.1 Å². The minimum Gasteiger partial charge on any atom is -0.307 e. The Bertz CT molecular complexity index is 488. The van der Waals surface area contributed by atoms with Gasteiger partial charge in [0.1, 0.15) is 11.6 Å². The van der Waals surface area contributed by atoms with E-state index in [9.17, 15) is 8.78 Å². The highest BCUT2D eigenvalue weighted by Gasteiger charge is 2.32. The lowest BCUT2D eigenvalue weighted by atomic mass is 9.69. The molecule has 0 aliphatic heterocycles. The summed E-state index contributed by atoms with van der Waals surface area (Å²) in [5.41, 5.74) is 0.445. The lowest BCUT2D eigenvalue weighted by Gasteiger charge is -2.40. The van der Waals surface area contributed by atoms with E-state index < -0.39 is 0 Å². The molecule has 2 saturated carbocycles. The van der Waals surface area contributed by atoms with E-state index >= 15 is 0 Å². The third-order valence-electron chi connectivity index (χ3n) is 5.45. The van der Waals surface area contributed by atoms with Gasteiger partial charge in [0.05, 0.1) is 0 Å². The van der Waals surface area contributed by atoms with Crippen molar-refractivity contribution in [2.24, 2.45) is 11.8 Å². The third kappa shape index (κ3) is 3.45. The van der Waals surface area contributed by atoms with Gasteiger partial charge in [-0.2, -0.15) is 0 Å². The van der Waals surface area contributed by atoms with Crippen LogP contribution < -0.4 is 5.32 Å². The highest BCUT2D eigenvalue weighted by molar-refractivity contribution is 5.22. The molecule has 4 unspecified atom stereocenters. The van der Waals surface area contributed by atoms with Gasteiger partial charge in [0.2, 0.25) is 0 Å². The summed E-state index contributed by atoms with van der Waals surface area (Å²) in [5.74, 6) is 1.08. The van der Waals surface area contributed by atoms with Crippen molar-refractivity contribution in [2.75, 3.05) is 0 Å². The van der Waals surface area contributed by atoms with E-state index in [0.29, 0.717) is 11.6 Å². The third-order valence-corrected chi connectivity index (χ3v) is 5.45. The van der Waals surface area contributed by atoms with Crippen molar-refractivity contribution in [2.45, 2.75) is 64.0 Å². The Kier molecular flexibility index (Phi) is 4.58. The Morgan fingerprint density at radius 3 is 2.62 bits per heavy atom. The number of fused-ring (bicyclic) bond motifs is 1. The predicted octanol–water partition coefficient (Wildman–Crippen LogP) is 4.97. The molecule has 3 rings (SSSR count). The van der Waals surface area contributed by atoms with Crippen LogP contribution in [0.3, 0.4) is 0 Å². The molecule has 2 fully saturated rings. The van der Waals surface area contributed by atoms with Gasteiger partial charge in [-0.3, -0.25) is 0 Å². The predicted molar refractivity (Wildman–Crippen MR) is 81.0 cm³/mol. The lowest BCUT2D eigenvalue weighted by molar-refractivity contribution is 0.139. The molecule has 21 heavy (non-hydrogen) atoms. The van der Waals surface area contributed by atoms with Gasteiger partial charge in [-0.25, -0.2) is 8.78 Å². The van der Waals surface area contributed by atoms with Crippen molar-refractivity contribution in [3.63, 3.8) is 0 Å². The van der Waals surface area contributed by atoms with Gasteiger partial charge in [-0.05, 0) is 56.2 Å². The summed E-state index contributed by atoms with van der Waals surface area (Å²) in [6.45, 7) is 1.94. The second-order valence-corrected chi connectivity index (χ2v) is 6.87. The van der Waals surface area contributed by atoms with Crippen LogP contribution in [0, 0.1) is 23.5 Å². The molecule has 0 saturated heterocycles. The standard InChI is InChI=1S/C18H25F2N/c1-12(17-11-15(19)7-9-18(17)20)21-16-8-6-13-4-2-3-5-14(13)10-16/h7,9,11-14,16,21H,2-6,8,10H2,1H3. The average Bonchev–Trinajstić information content (AvgIpc) is 2.49. The Morgan fingerprint density at radius 2 is 1.81 bits per heavy atom. The summed E-state index contributed by atoms with van der Waals surface area (Å²) in [6.07, 6.45) is 9.16. The summed E-state index contributed by atoms with van der Waals surface area (Å²) in [6, 6.07) is 4.03. The zero-order chi connectivity index (χ0) is 14.8. The SMILES string of the molecule is CC(NC1CCC2CCCCC2C1)c1cc(F)ccc1F. The molecule has 2 aliphatic rings. The molecule has 1 N–H and O–H groups in total. The molecule has 2 aliphatic carbocycles. The van der Waals surface area contributed by atoms with E-state index in [4.69, 9.17) is 0 Å². The Balaban J connectivity index is 1.62. The Labute approximate surface area is 126 Å². The van der Waals surface area contributed by atoms with Crippen LogP contribution in [0.15, 0.2) is 18.2 Å². The smallest absolute Gasteiger partial charge is 0.128 e. The van der Waals surface area contributed by atoms with Gasteiger partial charge in [-0.15, -0.1) is 0 Å². The van der Waals surface area contributed by atoms with Crippen LogP contribution in [0.1, 0.15) is 63.5 Å². The molecular formula is C18H25F2N. The fraction of sp³-hybridized carbons (Fsp3) is 0.667. The molecule has 3 heteroatoms. The number of hydrogen-bond acceptors (Lipinski definition) is 1. The van der Waals surface area contributed by atoms with Gasteiger partial charge in [0.25, 0.3) is 0 Å². The normalized spacial score (nSPS) is 30.7. The van der Waals surface area contributed by atoms with E-state index in [-0.39, 0.29) is 17.7 Å². The maximum atomic E-state index is 13.8. The number of hydrogen-bond donors (Lipinski definition) is 1. The molecule has 4 atom stereocenters. The molecule has 0 radical (unpaired) electrons. The quantitative estimate of drug-likeness (QED) is 0.829. The first kappa shape index (κ1) is 15.0. The van der Waals surface area contributed by atoms with Crippen molar-refractivity contribution in [1.29, 1.82) is 0 Å². The van der Waals surface area contributed by atoms with E-state index in [1.54, 1.807) is 0 Å². The first-order valence-corrected chi connectivity index (χ1v) is 8.34. The summed E-state index contributed by atoms with van der Waals surface area (Å²) < 4.78 is 27.1. The van der Waals surface area contributed by atoms with Crippen molar-refractivity contribution in [3.8, 4) is 0 Å². The van der Waals surface area contributed by atoms with Crippen LogP contribution in [0.5, 0.6) is 0 Å². The molecule has 0 aromatic heterocycles. The molecule has 1 nitrogen and oxygen atoms in total. The Morgan fingerprint density at radius 1 is 1.05 bits per heavy atom. The first-order chi connectivity index (χ1) is 10.1. The fourth-order valence-corrected chi connectivity index (χ4v) is 4.31. The van der Waals surface area contributed by atoms with Crippen LogP contribution >= 0.6 is 0 Å². The molecule has 0 bridgehead atoms.